The highest BCUT2D eigenvalue weighted by Crippen LogP contribution is 2.46. The molecule has 0 bridgehead atoms. The number of ether oxygens (including phenoxy) is 1. The topological polar surface area (TPSA) is 111 Å². The van der Waals surface area contributed by atoms with Crippen LogP contribution in [0.25, 0.3) is 11.1 Å². The SMILES string of the molecule is NC(=O)[C@H](NC(=O)[C@H](Cc1ccccc1)NC(=O)OCc1ccccc1)C1c2ccccc2-c2ccccc21. The largest absolute Gasteiger partial charge is 0.445 e. The smallest absolute Gasteiger partial charge is 0.408 e. The van der Waals surface area contributed by atoms with Gasteiger partial charge in [-0.3, -0.25) is 9.59 Å². The third-order valence-corrected chi connectivity index (χ3v) is 6.92. The summed E-state index contributed by atoms with van der Waals surface area (Å²) in [5.74, 6) is -1.65. The quantitative estimate of drug-likeness (QED) is 0.306. The first-order valence-corrected chi connectivity index (χ1v) is 12.8. The predicted molar refractivity (Wildman–Crippen MR) is 149 cm³/mol. The van der Waals surface area contributed by atoms with Crippen molar-refractivity contribution in [2.45, 2.75) is 31.0 Å². The standard InChI is InChI=1S/C32H29N3O4/c33-30(36)29(28-25-17-9-7-15-23(25)24-16-8-10-18-26(24)28)35-31(37)27(19-21-11-3-1-4-12-21)34-32(38)39-20-22-13-5-2-6-14-22/h1-18,27-29H,19-20H2,(H2,33,36)(H,34,38)(H,35,37)/t27-,29+/m0/s1. The fourth-order valence-electron chi connectivity index (χ4n) is 5.09. The number of benzene rings is 4. The van der Waals surface area contributed by atoms with Crippen LogP contribution in [0.3, 0.4) is 0 Å². The van der Waals surface area contributed by atoms with E-state index in [1.54, 1.807) is 0 Å². The minimum Gasteiger partial charge on any atom is -0.445 e. The minimum absolute atomic E-state index is 0.0614. The van der Waals surface area contributed by atoms with E-state index in [4.69, 9.17) is 10.5 Å². The Morgan fingerprint density at radius 1 is 0.692 bits per heavy atom. The molecule has 0 fully saturated rings. The molecule has 0 unspecified atom stereocenters. The van der Waals surface area contributed by atoms with Crippen LogP contribution in [0, 0.1) is 0 Å². The number of fused-ring (bicyclic) bond motifs is 3. The zero-order valence-electron chi connectivity index (χ0n) is 21.2. The van der Waals surface area contributed by atoms with E-state index in [0.29, 0.717) is 0 Å². The number of hydrogen-bond acceptors (Lipinski definition) is 4. The lowest BCUT2D eigenvalue weighted by molar-refractivity contribution is -0.128. The fourth-order valence-corrected chi connectivity index (χ4v) is 5.09. The Morgan fingerprint density at radius 3 is 1.77 bits per heavy atom. The van der Waals surface area contributed by atoms with Gasteiger partial charge in [0.2, 0.25) is 11.8 Å². The number of alkyl carbamates (subject to hydrolysis) is 1. The number of nitrogens with two attached hydrogens (primary N) is 1. The van der Waals surface area contributed by atoms with Crippen LogP contribution in [0.4, 0.5) is 4.79 Å². The second-order valence-electron chi connectivity index (χ2n) is 9.49. The van der Waals surface area contributed by atoms with Crippen molar-refractivity contribution in [3.05, 3.63) is 131 Å². The van der Waals surface area contributed by atoms with Crippen molar-refractivity contribution in [1.82, 2.24) is 10.6 Å². The van der Waals surface area contributed by atoms with Gasteiger partial charge >= 0.3 is 6.09 Å². The summed E-state index contributed by atoms with van der Waals surface area (Å²) < 4.78 is 5.37. The molecule has 4 N–H and O–H groups in total. The van der Waals surface area contributed by atoms with Gasteiger partial charge in [0.25, 0.3) is 0 Å². The normalized spacial score (nSPS) is 13.4. The molecule has 0 aromatic heterocycles. The van der Waals surface area contributed by atoms with E-state index in [1.165, 1.54) is 0 Å². The number of primary amides is 1. The highest BCUT2D eigenvalue weighted by atomic mass is 16.5. The predicted octanol–water partition coefficient (Wildman–Crippen LogP) is 4.31. The van der Waals surface area contributed by atoms with E-state index in [-0.39, 0.29) is 13.0 Å². The van der Waals surface area contributed by atoms with Gasteiger partial charge in [0, 0.05) is 12.3 Å². The molecule has 3 amide bonds. The van der Waals surface area contributed by atoms with Gasteiger partial charge in [0.05, 0.1) is 0 Å². The van der Waals surface area contributed by atoms with Crippen molar-refractivity contribution in [1.29, 1.82) is 0 Å². The van der Waals surface area contributed by atoms with Crippen LogP contribution in [-0.4, -0.2) is 30.0 Å². The molecule has 0 saturated heterocycles. The molecule has 7 heteroatoms. The molecule has 5 rings (SSSR count). The van der Waals surface area contributed by atoms with E-state index in [2.05, 4.69) is 10.6 Å². The molecule has 2 atom stereocenters. The summed E-state index contributed by atoms with van der Waals surface area (Å²) in [6.45, 7) is 0.0614. The first-order chi connectivity index (χ1) is 19.0. The minimum atomic E-state index is -1.03. The summed E-state index contributed by atoms with van der Waals surface area (Å²) in [6, 6.07) is 32.1. The third kappa shape index (κ3) is 5.83. The molecule has 1 aliphatic rings. The molecular weight excluding hydrogens is 490 g/mol. The van der Waals surface area contributed by atoms with Gasteiger partial charge in [-0.15, -0.1) is 0 Å². The van der Waals surface area contributed by atoms with Crippen molar-refractivity contribution in [3.63, 3.8) is 0 Å². The molecule has 196 valence electrons. The number of hydrogen-bond donors (Lipinski definition) is 3. The number of amides is 3. The molecule has 1 aliphatic carbocycles. The summed E-state index contributed by atoms with van der Waals surface area (Å²) in [5.41, 5.74) is 11.4. The summed E-state index contributed by atoms with van der Waals surface area (Å²) in [6.07, 6.45) is -0.529. The van der Waals surface area contributed by atoms with E-state index in [0.717, 1.165) is 33.4 Å². The van der Waals surface area contributed by atoms with Crippen molar-refractivity contribution in [2.24, 2.45) is 5.73 Å². The molecule has 4 aromatic carbocycles. The van der Waals surface area contributed by atoms with Crippen molar-refractivity contribution >= 4 is 17.9 Å². The van der Waals surface area contributed by atoms with Crippen LogP contribution in [0.2, 0.25) is 0 Å². The van der Waals surface area contributed by atoms with Crippen LogP contribution in [-0.2, 0) is 27.4 Å². The van der Waals surface area contributed by atoms with Crippen molar-refractivity contribution in [2.75, 3.05) is 0 Å². The molecule has 0 radical (unpaired) electrons. The Balaban J connectivity index is 1.38. The molecule has 4 aromatic rings. The van der Waals surface area contributed by atoms with Crippen LogP contribution in [0.5, 0.6) is 0 Å². The maximum atomic E-state index is 13.7. The Morgan fingerprint density at radius 2 is 1.21 bits per heavy atom. The average Bonchev–Trinajstić information content (AvgIpc) is 3.29. The molecule has 0 heterocycles. The highest BCUT2D eigenvalue weighted by Gasteiger charge is 2.39. The number of nitrogens with one attached hydrogen (secondary N) is 2. The lowest BCUT2D eigenvalue weighted by Gasteiger charge is -2.27. The van der Waals surface area contributed by atoms with Crippen molar-refractivity contribution in [3.8, 4) is 11.1 Å². The van der Waals surface area contributed by atoms with Gasteiger partial charge in [0.1, 0.15) is 18.7 Å². The van der Waals surface area contributed by atoms with Gasteiger partial charge < -0.3 is 21.1 Å². The monoisotopic (exact) mass is 519 g/mol. The Kier molecular flexibility index (Phi) is 7.68. The Labute approximate surface area is 227 Å². The summed E-state index contributed by atoms with van der Waals surface area (Å²) in [4.78, 5) is 39.2. The number of carbonyl (C=O) groups excluding carboxylic acids is 3. The highest BCUT2D eigenvalue weighted by molar-refractivity contribution is 5.93. The fraction of sp³-hybridized carbons (Fsp3) is 0.156. The Hall–Kier alpha value is -4.91. The maximum Gasteiger partial charge on any atom is 0.408 e. The lowest BCUT2D eigenvalue weighted by atomic mass is 9.88. The summed E-state index contributed by atoms with van der Waals surface area (Å²) in [7, 11) is 0. The summed E-state index contributed by atoms with van der Waals surface area (Å²) >= 11 is 0. The molecule has 0 spiro atoms. The zero-order valence-corrected chi connectivity index (χ0v) is 21.2. The van der Waals surface area contributed by atoms with E-state index in [1.807, 2.05) is 109 Å². The van der Waals surface area contributed by atoms with Gasteiger partial charge in [0.15, 0.2) is 0 Å². The Bertz CT molecular complexity index is 1430. The summed E-state index contributed by atoms with van der Waals surface area (Å²) in [5, 5.41) is 5.54. The number of carbonyl (C=O) groups is 3. The second kappa shape index (κ2) is 11.6. The third-order valence-electron chi connectivity index (χ3n) is 6.92. The first-order valence-electron chi connectivity index (χ1n) is 12.8. The van der Waals surface area contributed by atoms with Gasteiger partial charge in [-0.2, -0.15) is 0 Å². The van der Waals surface area contributed by atoms with E-state index in [9.17, 15) is 14.4 Å². The molecule has 7 nitrogen and oxygen atoms in total. The van der Waals surface area contributed by atoms with E-state index >= 15 is 0 Å². The molecule has 39 heavy (non-hydrogen) atoms. The van der Waals surface area contributed by atoms with Crippen LogP contribution in [0.1, 0.15) is 28.2 Å². The van der Waals surface area contributed by atoms with Crippen LogP contribution < -0.4 is 16.4 Å². The van der Waals surface area contributed by atoms with Gasteiger partial charge in [-0.1, -0.05) is 109 Å². The molecule has 0 saturated carbocycles. The van der Waals surface area contributed by atoms with Crippen LogP contribution >= 0.6 is 0 Å². The first kappa shape index (κ1) is 25.7. The lowest BCUT2D eigenvalue weighted by Crippen LogP contribution is -2.55. The maximum absolute atomic E-state index is 13.7. The second-order valence-corrected chi connectivity index (χ2v) is 9.49. The molecular formula is C32H29N3O4. The number of rotatable bonds is 9. The van der Waals surface area contributed by atoms with Gasteiger partial charge in [-0.05, 0) is 33.4 Å². The van der Waals surface area contributed by atoms with E-state index < -0.39 is 35.9 Å². The van der Waals surface area contributed by atoms with Gasteiger partial charge in [-0.25, -0.2) is 4.79 Å². The average molecular weight is 520 g/mol. The zero-order chi connectivity index (χ0) is 27.2. The van der Waals surface area contributed by atoms with Crippen LogP contribution in [0.15, 0.2) is 109 Å². The van der Waals surface area contributed by atoms with Crippen molar-refractivity contribution < 1.29 is 19.1 Å². The molecule has 0 aliphatic heterocycles.